The first-order valence-electron chi connectivity index (χ1n) is 4.93. The Morgan fingerprint density at radius 2 is 2.06 bits per heavy atom. The molecule has 1 amide bonds. The number of nitrogens with one attached hydrogen (secondary N) is 1. The number of carbonyl (C=O) groups excluding carboxylic acids is 1. The van der Waals surface area contributed by atoms with Crippen LogP contribution in [0.2, 0.25) is 0 Å². The largest absolute Gasteiger partial charge is 0.416 e. The predicted octanol–water partition coefficient (Wildman–Crippen LogP) is 2.31. The van der Waals surface area contributed by atoms with Gasteiger partial charge in [0.25, 0.3) is 0 Å². The standard InChI is InChI=1S/C11H10F3NO/c12-11(13,14)8-3-1-2-7(6-8)9-4-5-15-10(9)16/h1-3,6,9H,4-5H2,(H,15,16)/t9-/m1/s1. The molecular weight excluding hydrogens is 219 g/mol. The van der Waals surface area contributed by atoms with E-state index in [1.165, 1.54) is 6.07 Å². The fraction of sp³-hybridized carbons (Fsp3) is 0.364. The zero-order valence-electron chi connectivity index (χ0n) is 8.34. The van der Waals surface area contributed by atoms with Crippen molar-refractivity contribution < 1.29 is 18.0 Å². The number of hydrogen-bond donors (Lipinski definition) is 1. The molecule has 1 saturated heterocycles. The summed E-state index contributed by atoms with van der Waals surface area (Å²) in [7, 11) is 0. The maximum Gasteiger partial charge on any atom is 0.416 e. The Bertz CT molecular complexity index is 414. The van der Waals surface area contributed by atoms with E-state index in [1.807, 2.05) is 0 Å². The molecule has 0 spiro atoms. The molecule has 1 fully saturated rings. The van der Waals surface area contributed by atoms with Gasteiger partial charge in [-0.25, -0.2) is 0 Å². The minimum Gasteiger partial charge on any atom is -0.356 e. The first-order valence-corrected chi connectivity index (χ1v) is 4.93. The van der Waals surface area contributed by atoms with Gasteiger partial charge in [0.2, 0.25) is 5.91 Å². The van der Waals surface area contributed by atoms with Gasteiger partial charge in [0.05, 0.1) is 11.5 Å². The van der Waals surface area contributed by atoms with E-state index in [2.05, 4.69) is 5.32 Å². The van der Waals surface area contributed by atoms with E-state index in [0.29, 0.717) is 18.5 Å². The Morgan fingerprint density at radius 1 is 1.31 bits per heavy atom. The first-order chi connectivity index (χ1) is 7.48. The van der Waals surface area contributed by atoms with Gasteiger partial charge < -0.3 is 5.32 Å². The summed E-state index contributed by atoms with van der Waals surface area (Å²) in [5.74, 6) is -0.637. The predicted molar refractivity (Wildman–Crippen MR) is 51.8 cm³/mol. The highest BCUT2D eigenvalue weighted by atomic mass is 19.4. The summed E-state index contributed by atoms with van der Waals surface area (Å²) in [5.41, 5.74) is -0.269. The van der Waals surface area contributed by atoms with Crippen LogP contribution in [0.3, 0.4) is 0 Å². The summed E-state index contributed by atoms with van der Waals surface area (Å²) >= 11 is 0. The molecule has 0 unspecified atom stereocenters. The van der Waals surface area contributed by atoms with Crippen molar-refractivity contribution in [3.63, 3.8) is 0 Å². The van der Waals surface area contributed by atoms with Crippen LogP contribution in [0.4, 0.5) is 13.2 Å². The van der Waals surface area contributed by atoms with E-state index in [9.17, 15) is 18.0 Å². The fourth-order valence-corrected chi connectivity index (χ4v) is 1.84. The number of alkyl halides is 3. The molecule has 16 heavy (non-hydrogen) atoms. The van der Waals surface area contributed by atoms with Crippen LogP contribution in [0.1, 0.15) is 23.5 Å². The van der Waals surface area contributed by atoms with Gasteiger partial charge in [-0.1, -0.05) is 18.2 Å². The highest BCUT2D eigenvalue weighted by molar-refractivity contribution is 5.85. The quantitative estimate of drug-likeness (QED) is 0.786. The van der Waals surface area contributed by atoms with Gasteiger partial charge >= 0.3 is 6.18 Å². The minimum absolute atomic E-state index is 0.195. The van der Waals surface area contributed by atoms with E-state index >= 15 is 0 Å². The van der Waals surface area contributed by atoms with Crippen LogP contribution >= 0.6 is 0 Å². The zero-order chi connectivity index (χ0) is 11.8. The number of hydrogen-bond acceptors (Lipinski definition) is 1. The van der Waals surface area contributed by atoms with Crippen LogP contribution in [0.5, 0.6) is 0 Å². The number of benzene rings is 1. The highest BCUT2D eigenvalue weighted by Crippen LogP contribution is 2.32. The van der Waals surface area contributed by atoms with Crippen molar-refractivity contribution in [3.05, 3.63) is 35.4 Å². The summed E-state index contributed by atoms with van der Waals surface area (Å²) in [4.78, 5) is 11.3. The van der Waals surface area contributed by atoms with Gasteiger partial charge in [-0.2, -0.15) is 13.2 Å². The molecule has 1 aliphatic heterocycles. The van der Waals surface area contributed by atoms with Crippen molar-refractivity contribution in [3.8, 4) is 0 Å². The summed E-state index contributed by atoms with van der Waals surface area (Å²) in [6, 6.07) is 4.96. The molecule has 0 bridgehead atoms. The van der Waals surface area contributed by atoms with Crippen LogP contribution < -0.4 is 5.32 Å². The number of amides is 1. The Balaban J connectivity index is 2.32. The lowest BCUT2D eigenvalue weighted by Crippen LogP contribution is -2.18. The van der Waals surface area contributed by atoms with Crippen molar-refractivity contribution in [2.45, 2.75) is 18.5 Å². The molecule has 1 aromatic carbocycles. The molecule has 2 nitrogen and oxygen atoms in total. The average molecular weight is 229 g/mol. The number of carbonyl (C=O) groups is 1. The third-order valence-electron chi connectivity index (χ3n) is 2.67. The van der Waals surface area contributed by atoms with Gasteiger partial charge in [-0.15, -0.1) is 0 Å². The van der Waals surface area contributed by atoms with E-state index in [4.69, 9.17) is 0 Å². The number of rotatable bonds is 1. The van der Waals surface area contributed by atoms with Gasteiger partial charge in [0, 0.05) is 6.54 Å². The van der Waals surface area contributed by atoms with Gasteiger partial charge in [0.1, 0.15) is 0 Å². The lowest BCUT2D eigenvalue weighted by molar-refractivity contribution is -0.137. The molecule has 1 N–H and O–H groups in total. The summed E-state index contributed by atoms with van der Waals surface area (Å²) in [5, 5.41) is 2.61. The Kier molecular flexibility index (Phi) is 2.61. The normalized spacial score (nSPS) is 20.9. The second kappa shape index (κ2) is 3.81. The van der Waals surface area contributed by atoms with Crippen LogP contribution in [-0.4, -0.2) is 12.5 Å². The maximum atomic E-state index is 12.5. The van der Waals surface area contributed by atoms with E-state index < -0.39 is 17.7 Å². The molecule has 1 aromatic rings. The van der Waals surface area contributed by atoms with Crippen LogP contribution in [0.25, 0.3) is 0 Å². The summed E-state index contributed by atoms with van der Waals surface area (Å²) in [6.07, 6.45) is -3.80. The molecule has 1 heterocycles. The Labute approximate surface area is 90.5 Å². The maximum absolute atomic E-state index is 12.5. The molecule has 0 radical (unpaired) electrons. The van der Waals surface area contributed by atoms with E-state index in [0.717, 1.165) is 12.1 Å². The lowest BCUT2D eigenvalue weighted by Gasteiger charge is -2.11. The Morgan fingerprint density at radius 3 is 2.62 bits per heavy atom. The molecule has 5 heteroatoms. The van der Waals surface area contributed by atoms with Crippen LogP contribution in [0.15, 0.2) is 24.3 Å². The smallest absolute Gasteiger partial charge is 0.356 e. The molecule has 0 aliphatic carbocycles. The molecule has 2 rings (SSSR count). The van der Waals surface area contributed by atoms with E-state index in [1.54, 1.807) is 6.07 Å². The molecule has 86 valence electrons. The highest BCUT2D eigenvalue weighted by Gasteiger charge is 2.32. The monoisotopic (exact) mass is 229 g/mol. The molecule has 0 aromatic heterocycles. The second-order valence-corrected chi connectivity index (χ2v) is 3.76. The van der Waals surface area contributed by atoms with Gasteiger partial charge in [0.15, 0.2) is 0 Å². The van der Waals surface area contributed by atoms with E-state index in [-0.39, 0.29) is 5.91 Å². The van der Waals surface area contributed by atoms with Gasteiger partial charge in [-0.05, 0) is 18.1 Å². The summed E-state index contributed by atoms with van der Waals surface area (Å²) < 4.78 is 37.4. The SMILES string of the molecule is O=C1NCC[C@@H]1c1cccc(C(F)(F)F)c1. The fourth-order valence-electron chi connectivity index (χ4n) is 1.84. The van der Waals surface area contributed by atoms with Crippen molar-refractivity contribution in [1.29, 1.82) is 0 Å². The Hall–Kier alpha value is -1.52. The van der Waals surface area contributed by atoms with Gasteiger partial charge in [-0.3, -0.25) is 4.79 Å². The van der Waals surface area contributed by atoms with Crippen LogP contribution in [0, 0.1) is 0 Å². The molecular formula is C11H10F3NO. The second-order valence-electron chi connectivity index (χ2n) is 3.76. The molecule has 0 saturated carbocycles. The van der Waals surface area contributed by atoms with Crippen molar-refractivity contribution in [2.24, 2.45) is 0 Å². The zero-order valence-corrected chi connectivity index (χ0v) is 8.34. The summed E-state index contributed by atoms with van der Waals surface area (Å²) in [6.45, 7) is 0.528. The minimum atomic E-state index is -4.36. The average Bonchev–Trinajstić information content (AvgIpc) is 2.63. The first kappa shape index (κ1) is 11.0. The van der Waals surface area contributed by atoms with Crippen molar-refractivity contribution >= 4 is 5.91 Å². The van der Waals surface area contributed by atoms with Crippen LogP contribution in [-0.2, 0) is 11.0 Å². The third kappa shape index (κ3) is 2.03. The molecule has 1 aliphatic rings. The molecule has 1 atom stereocenters. The van der Waals surface area contributed by atoms with Crippen molar-refractivity contribution in [2.75, 3.05) is 6.54 Å². The number of halogens is 3. The third-order valence-corrected chi connectivity index (χ3v) is 2.67. The topological polar surface area (TPSA) is 29.1 Å². The lowest BCUT2D eigenvalue weighted by atomic mass is 9.96. The van der Waals surface area contributed by atoms with Crippen molar-refractivity contribution in [1.82, 2.24) is 5.32 Å².